The molecule has 0 fully saturated rings. The van der Waals surface area contributed by atoms with E-state index in [4.69, 9.17) is 0 Å². The molecule has 0 spiro atoms. The van der Waals surface area contributed by atoms with Crippen molar-refractivity contribution in [3.05, 3.63) is 156 Å². The van der Waals surface area contributed by atoms with Crippen molar-refractivity contribution in [3.63, 3.8) is 0 Å². The van der Waals surface area contributed by atoms with Crippen molar-refractivity contribution in [2.45, 2.75) is 25.7 Å². The van der Waals surface area contributed by atoms with Crippen molar-refractivity contribution in [1.82, 2.24) is 0 Å². The summed E-state index contributed by atoms with van der Waals surface area (Å²) < 4.78 is 0. The van der Waals surface area contributed by atoms with Crippen LogP contribution in [0.5, 0.6) is 0 Å². The molecule has 190 valence electrons. The molecule has 1 aliphatic carbocycles. The maximum absolute atomic E-state index is 2.45. The van der Waals surface area contributed by atoms with Crippen LogP contribution in [0.25, 0.3) is 54.6 Å². The van der Waals surface area contributed by atoms with Gasteiger partial charge in [0.25, 0.3) is 0 Å². The number of hydrogen-bond donors (Lipinski definition) is 0. The fourth-order valence-corrected chi connectivity index (χ4v) is 7.11. The Labute approximate surface area is 235 Å². The number of hydrogen-bond acceptors (Lipinski definition) is 0. The van der Waals surface area contributed by atoms with E-state index in [9.17, 15) is 0 Å². The fraction of sp³-hybridized carbons (Fsp3) is 0.100. The predicted octanol–water partition coefficient (Wildman–Crippen LogP) is 10.7. The fourth-order valence-electron chi connectivity index (χ4n) is 7.11. The van der Waals surface area contributed by atoms with Crippen molar-refractivity contribution < 1.29 is 0 Å². The lowest BCUT2D eigenvalue weighted by atomic mass is 9.67. The molecule has 40 heavy (non-hydrogen) atoms. The third-order valence-corrected chi connectivity index (χ3v) is 9.16. The first-order valence-corrected chi connectivity index (χ1v) is 14.2. The van der Waals surface area contributed by atoms with Gasteiger partial charge in [-0.25, -0.2) is 0 Å². The van der Waals surface area contributed by atoms with Gasteiger partial charge in [0.15, 0.2) is 0 Å². The summed E-state index contributed by atoms with van der Waals surface area (Å²) in [4.78, 5) is 0. The minimum atomic E-state index is -0.0774. The molecule has 0 saturated carbocycles. The van der Waals surface area contributed by atoms with Crippen LogP contribution in [0.2, 0.25) is 0 Å². The summed E-state index contributed by atoms with van der Waals surface area (Å²) in [6, 6.07) is 49.6. The first-order chi connectivity index (χ1) is 19.6. The molecule has 0 N–H and O–H groups in total. The van der Waals surface area contributed by atoms with Crippen LogP contribution in [0.1, 0.15) is 36.1 Å². The topological polar surface area (TPSA) is 0 Å². The van der Waals surface area contributed by atoms with E-state index in [2.05, 4.69) is 147 Å². The van der Waals surface area contributed by atoms with Crippen molar-refractivity contribution in [3.8, 4) is 22.3 Å². The minimum Gasteiger partial charge on any atom is -0.0616 e. The van der Waals surface area contributed by atoms with Crippen molar-refractivity contribution in [2.24, 2.45) is 0 Å². The minimum absolute atomic E-state index is 0.0774. The molecule has 0 atom stereocenters. The summed E-state index contributed by atoms with van der Waals surface area (Å²) in [5.74, 6) is 0. The van der Waals surface area contributed by atoms with Crippen LogP contribution in [-0.4, -0.2) is 0 Å². The SMILES string of the molecule is CC1(C)c2cc(-c3cccc4ccccc34)ccc2Cc2c1ccc1cc(-c3cccc4ccccc34)ccc21. The second-order valence-corrected chi connectivity index (χ2v) is 11.8. The molecule has 0 aromatic heterocycles. The molecule has 0 radical (unpaired) electrons. The van der Waals surface area contributed by atoms with Crippen LogP contribution in [0, 0.1) is 0 Å². The van der Waals surface area contributed by atoms with E-state index in [1.807, 2.05) is 0 Å². The lowest BCUT2D eigenvalue weighted by Crippen LogP contribution is -2.27. The Hall–Kier alpha value is -4.68. The highest BCUT2D eigenvalue weighted by Crippen LogP contribution is 2.46. The highest BCUT2D eigenvalue weighted by atomic mass is 14.4. The van der Waals surface area contributed by atoms with Gasteiger partial charge in [0, 0.05) is 5.41 Å². The molecule has 0 aliphatic heterocycles. The van der Waals surface area contributed by atoms with Gasteiger partial charge < -0.3 is 0 Å². The normalized spacial score (nSPS) is 13.8. The second-order valence-electron chi connectivity index (χ2n) is 11.8. The first-order valence-electron chi connectivity index (χ1n) is 14.2. The Kier molecular flexibility index (Phi) is 5.03. The molecule has 0 heterocycles. The average Bonchev–Trinajstić information content (AvgIpc) is 3.00. The molecule has 0 amide bonds. The number of rotatable bonds is 2. The molecule has 8 rings (SSSR count). The Morgan fingerprint density at radius 1 is 0.450 bits per heavy atom. The van der Waals surface area contributed by atoms with Gasteiger partial charge in [-0.3, -0.25) is 0 Å². The van der Waals surface area contributed by atoms with E-state index >= 15 is 0 Å². The maximum Gasteiger partial charge on any atom is 0.0152 e. The number of benzene rings is 7. The van der Waals surface area contributed by atoms with Crippen LogP contribution in [0.15, 0.2) is 133 Å². The Bertz CT molecular complexity index is 2100. The van der Waals surface area contributed by atoms with Crippen LogP contribution in [0.4, 0.5) is 0 Å². The predicted molar refractivity (Wildman–Crippen MR) is 171 cm³/mol. The molecule has 0 bridgehead atoms. The summed E-state index contributed by atoms with van der Waals surface area (Å²) in [6.07, 6.45) is 0.967. The largest absolute Gasteiger partial charge is 0.0616 e. The zero-order valence-electron chi connectivity index (χ0n) is 22.9. The molecule has 0 heteroatoms. The lowest BCUT2D eigenvalue weighted by Gasteiger charge is -2.36. The summed E-state index contributed by atoms with van der Waals surface area (Å²) in [6.45, 7) is 4.79. The summed E-state index contributed by atoms with van der Waals surface area (Å²) in [5, 5.41) is 7.88. The molecule has 0 nitrogen and oxygen atoms in total. The third kappa shape index (κ3) is 3.46. The quantitative estimate of drug-likeness (QED) is 0.217. The van der Waals surface area contributed by atoms with Gasteiger partial charge in [-0.1, -0.05) is 135 Å². The van der Waals surface area contributed by atoms with Crippen LogP contribution < -0.4 is 0 Å². The Morgan fingerprint density at radius 3 is 1.75 bits per heavy atom. The highest BCUT2D eigenvalue weighted by Gasteiger charge is 2.33. The van der Waals surface area contributed by atoms with Crippen molar-refractivity contribution in [2.75, 3.05) is 0 Å². The molecular formula is C40H30. The molecule has 0 saturated heterocycles. The third-order valence-electron chi connectivity index (χ3n) is 9.16. The maximum atomic E-state index is 2.45. The lowest BCUT2D eigenvalue weighted by molar-refractivity contribution is 0.613. The smallest absolute Gasteiger partial charge is 0.0152 e. The number of fused-ring (bicyclic) bond motifs is 6. The standard InChI is InChI=1S/C40H30/c1-40(2)38-22-20-29-23-28(34-15-7-11-26-9-3-5-13-32(26)34)19-21-36(29)37(38)24-31-18-17-30(25-39(31)40)35-16-8-12-27-10-4-6-14-33(27)35/h3-23,25H,24H2,1-2H3. The van der Waals surface area contributed by atoms with Crippen LogP contribution in [-0.2, 0) is 11.8 Å². The molecule has 1 aliphatic rings. The molecule has 0 unspecified atom stereocenters. The van der Waals surface area contributed by atoms with Crippen molar-refractivity contribution >= 4 is 32.3 Å². The molecule has 7 aromatic rings. The summed E-state index contributed by atoms with van der Waals surface area (Å²) in [5.41, 5.74) is 10.9. The van der Waals surface area contributed by atoms with Gasteiger partial charge in [0.2, 0.25) is 0 Å². The van der Waals surface area contributed by atoms with Gasteiger partial charge in [0.1, 0.15) is 0 Å². The highest BCUT2D eigenvalue weighted by molar-refractivity contribution is 6.00. The monoisotopic (exact) mass is 510 g/mol. The van der Waals surface area contributed by atoms with Gasteiger partial charge >= 0.3 is 0 Å². The van der Waals surface area contributed by atoms with Gasteiger partial charge in [-0.2, -0.15) is 0 Å². The van der Waals surface area contributed by atoms with Crippen LogP contribution in [0.3, 0.4) is 0 Å². The summed E-state index contributed by atoms with van der Waals surface area (Å²) in [7, 11) is 0. The Morgan fingerprint density at radius 2 is 1.05 bits per heavy atom. The van der Waals surface area contributed by atoms with E-state index in [-0.39, 0.29) is 5.41 Å². The molecular weight excluding hydrogens is 480 g/mol. The van der Waals surface area contributed by atoms with Gasteiger partial charge in [-0.15, -0.1) is 0 Å². The average molecular weight is 511 g/mol. The van der Waals surface area contributed by atoms with Crippen LogP contribution >= 0.6 is 0 Å². The van der Waals surface area contributed by atoms with Crippen molar-refractivity contribution in [1.29, 1.82) is 0 Å². The summed E-state index contributed by atoms with van der Waals surface area (Å²) >= 11 is 0. The first kappa shape index (κ1) is 23.2. The van der Waals surface area contributed by atoms with E-state index in [0.29, 0.717) is 0 Å². The van der Waals surface area contributed by atoms with Gasteiger partial charge in [0.05, 0.1) is 0 Å². The zero-order valence-corrected chi connectivity index (χ0v) is 22.9. The van der Waals surface area contributed by atoms with E-state index in [1.54, 1.807) is 0 Å². The Balaban J connectivity index is 1.25. The second kappa shape index (κ2) is 8.66. The van der Waals surface area contributed by atoms with E-state index < -0.39 is 0 Å². The van der Waals surface area contributed by atoms with Gasteiger partial charge in [-0.05, 0) is 95.4 Å². The molecule has 7 aromatic carbocycles. The van der Waals surface area contributed by atoms with E-state index in [0.717, 1.165) is 6.42 Å². The van der Waals surface area contributed by atoms with E-state index in [1.165, 1.54) is 76.8 Å². The zero-order chi connectivity index (χ0) is 26.8.